The van der Waals surface area contributed by atoms with Crippen LogP contribution in [0.1, 0.15) is 5.56 Å². The third kappa shape index (κ3) is 3.59. The van der Waals surface area contributed by atoms with Crippen LogP contribution in [-0.4, -0.2) is 44.1 Å². The molecule has 1 saturated heterocycles. The predicted octanol–water partition coefficient (Wildman–Crippen LogP) is 1.54. The molecule has 1 fully saturated rings. The molecule has 1 heterocycles. The van der Waals surface area contributed by atoms with Crippen LogP contribution in [0.25, 0.3) is 0 Å². The first-order valence-electron chi connectivity index (χ1n) is 6.06. The summed E-state index contributed by atoms with van der Waals surface area (Å²) in [6.45, 7) is 0.320. The van der Waals surface area contributed by atoms with Gasteiger partial charge in [0.1, 0.15) is 11.6 Å². The van der Waals surface area contributed by atoms with E-state index in [1.54, 1.807) is 0 Å². The van der Waals surface area contributed by atoms with Gasteiger partial charge in [-0.1, -0.05) is 0 Å². The number of nitrogens with one attached hydrogen (secondary N) is 1. The topological polar surface area (TPSA) is 78.9 Å². The lowest BCUT2D eigenvalue weighted by molar-refractivity contribution is -0.139. The van der Waals surface area contributed by atoms with E-state index in [1.165, 1.54) is 0 Å². The van der Waals surface area contributed by atoms with Crippen molar-refractivity contribution >= 4 is 15.9 Å². The zero-order chi connectivity index (χ0) is 16.5. The van der Waals surface area contributed by atoms with Gasteiger partial charge in [-0.2, -0.15) is 25.9 Å². The lowest BCUT2D eigenvalue weighted by Gasteiger charge is -2.26. The summed E-state index contributed by atoms with van der Waals surface area (Å²) in [5.74, 6) is -2.64. The molecular formula is C11H12F4N2O4S. The summed E-state index contributed by atoms with van der Waals surface area (Å²) in [5, 5.41) is 9.47. The smallest absolute Gasteiger partial charge is 0.419 e. The summed E-state index contributed by atoms with van der Waals surface area (Å²) in [6, 6.07) is 0.419. The lowest BCUT2D eigenvalue weighted by Crippen LogP contribution is -2.43. The third-order valence-electron chi connectivity index (χ3n) is 2.94. The van der Waals surface area contributed by atoms with Crippen molar-refractivity contribution in [2.75, 3.05) is 31.0 Å². The van der Waals surface area contributed by atoms with Crippen molar-refractivity contribution in [1.82, 2.24) is 4.31 Å². The summed E-state index contributed by atoms with van der Waals surface area (Å²) in [4.78, 5) is 0. The normalized spacial score (nSPS) is 17.5. The molecule has 1 aliphatic rings. The van der Waals surface area contributed by atoms with Crippen LogP contribution in [0.4, 0.5) is 23.2 Å². The molecular weight excluding hydrogens is 332 g/mol. The second kappa shape index (κ2) is 5.89. The molecule has 1 aliphatic heterocycles. The minimum Gasteiger partial charge on any atom is -0.506 e. The molecule has 22 heavy (non-hydrogen) atoms. The SMILES string of the molecule is O=S(=O)(Nc1cc(C(F)(F)F)c(F)cc1O)N1CCOCC1. The zero-order valence-electron chi connectivity index (χ0n) is 11.0. The van der Waals surface area contributed by atoms with E-state index in [0.29, 0.717) is 0 Å². The Kier molecular flexibility index (Phi) is 4.49. The summed E-state index contributed by atoms with van der Waals surface area (Å²) < 4.78 is 82.9. The first-order valence-corrected chi connectivity index (χ1v) is 7.50. The molecule has 0 amide bonds. The molecule has 6 nitrogen and oxygen atoms in total. The number of hydrogen-bond donors (Lipinski definition) is 2. The highest BCUT2D eigenvalue weighted by molar-refractivity contribution is 7.90. The molecule has 0 radical (unpaired) electrons. The fraction of sp³-hybridized carbons (Fsp3) is 0.455. The second-order valence-electron chi connectivity index (χ2n) is 4.47. The Morgan fingerprint density at radius 1 is 1.23 bits per heavy atom. The van der Waals surface area contributed by atoms with Crippen molar-refractivity contribution in [3.05, 3.63) is 23.5 Å². The summed E-state index contributed by atoms with van der Waals surface area (Å²) in [5.41, 5.74) is -2.43. The molecule has 0 bridgehead atoms. The maximum absolute atomic E-state index is 13.2. The lowest BCUT2D eigenvalue weighted by atomic mass is 10.1. The van der Waals surface area contributed by atoms with E-state index in [4.69, 9.17) is 4.74 Å². The number of ether oxygens (including phenoxy) is 1. The van der Waals surface area contributed by atoms with Crippen LogP contribution in [0, 0.1) is 5.82 Å². The first kappa shape index (κ1) is 16.8. The van der Waals surface area contributed by atoms with Crippen molar-refractivity contribution in [2.24, 2.45) is 0 Å². The van der Waals surface area contributed by atoms with Crippen LogP contribution >= 0.6 is 0 Å². The van der Waals surface area contributed by atoms with Gasteiger partial charge in [0.25, 0.3) is 0 Å². The van der Waals surface area contributed by atoms with Gasteiger partial charge in [-0.3, -0.25) is 4.72 Å². The van der Waals surface area contributed by atoms with E-state index in [9.17, 15) is 31.1 Å². The van der Waals surface area contributed by atoms with E-state index in [-0.39, 0.29) is 38.4 Å². The monoisotopic (exact) mass is 344 g/mol. The van der Waals surface area contributed by atoms with Crippen molar-refractivity contribution in [2.45, 2.75) is 6.18 Å². The minimum atomic E-state index is -5.02. The maximum Gasteiger partial charge on any atom is 0.419 e. The molecule has 11 heteroatoms. The summed E-state index contributed by atoms with van der Waals surface area (Å²) in [6.07, 6.45) is -5.02. The Morgan fingerprint density at radius 2 is 1.82 bits per heavy atom. The quantitative estimate of drug-likeness (QED) is 0.644. The average Bonchev–Trinajstić information content (AvgIpc) is 2.41. The highest BCUT2D eigenvalue weighted by Crippen LogP contribution is 2.37. The zero-order valence-corrected chi connectivity index (χ0v) is 11.8. The highest BCUT2D eigenvalue weighted by Gasteiger charge is 2.36. The van der Waals surface area contributed by atoms with E-state index in [0.717, 1.165) is 4.31 Å². The number of anilines is 1. The molecule has 0 aromatic heterocycles. The Labute approximate surface area is 123 Å². The molecule has 0 saturated carbocycles. The van der Waals surface area contributed by atoms with Crippen LogP contribution in [0.15, 0.2) is 12.1 Å². The number of halogens is 4. The number of hydrogen-bond acceptors (Lipinski definition) is 4. The minimum absolute atomic E-state index is 0.0173. The van der Waals surface area contributed by atoms with Crippen LogP contribution < -0.4 is 4.72 Å². The van der Waals surface area contributed by atoms with E-state index >= 15 is 0 Å². The number of nitrogens with zero attached hydrogens (tertiary/aromatic N) is 1. The van der Waals surface area contributed by atoms with Crippen molar-refractivity contribution in [3.63, 3.8) is 0 Å². The van der Waals surface area contributed by atoms with Crippen molar-refractivity contribution in [1.29, 1.82) is 0 Å². The van der Waals surface area contributed by atoms with Crippen LogP contribution in [0.5, 0.6) is 5.75 Å². The van der Waals surface area contributed by atoms with Gasteiger partial charge in [0.2, 0.25) is 0 Å². The van der Waals surface area contributed by atoms with Gasteiger partial charge in [0, 0.05) is 19.2 Å². The molecule has 2 rings (SSSR count). The van der Waals surface area contributed by atoms with Crippen molar-refractivity contribution in [3.8, 4) is 5.75 Å². The first-order chi connectivity index (χ1) is 10.1. The van der Waals surface area contributed by atoms with Gasteiger partial charge in [-0.15, -0.1) is 0 Å². The number of alkyl halides is 3. The molecule has 0 aliphatic carbocycles. The van der Waals surface area contributed by atoms with Gasteiger partial charge < -0.3 is 9.84 Å². The standard InChI is InChI=1S/C11H12F4N2O4S/c12-8-6-10(18)9(5-7(8)11(13,14)15)16-22(19,20)17-1-3-21-4-2-17/h5-6,16,18H,1-4H2. The fourth-order valence-electron chi connectivity index (χ4n) is 1.85. The third-order valence-corrected chi connectivity index (χ3v) is 4.46. The molecule has 124 valence electrons. The Morgan fingerprint density at radius 3 is 2.36 bits per heavy atom. The molecule has 1 aromatic rings. The number of morpholine rings is 1. The summed E-state index contributed by atoms with van der Waals surface area (Å²) >= 11 is 0. The molecule has 0 atom stereocenters. The molecule has 2 N–H and O–H groups in total. The number of aromatic hydroxyl groups is 1. The van der Waals surface area contributed by atoms with Crippen molar-refractivity contribution < 1.29 is 35.8 Å². The van der Waals surface area contributed by atoms with Crippen LogP contribution in [0.3, 0.4) is 0 Å². The van der Waals surface area contributed by atoms with Gasteiger partial charge in [-0.05, 0) is 6.07 Å². The predicted molar refractivity (Wildman–Crippen MR) is 68.0 cm³/mol. The van der Waals surface area contributed by atoms with Gasteiger partial charge in [-0.25, -0.2) is 4.39 Å². The van der Waals surface area contributed by atoms with E-state index < -0.39 is 39.2 Å². The highest BCUT2D eigenvalue weighted by atomic mass is 32.2. The largest absolute Gasteiger partial charge is 0.506 e. The van der Waals surface area contributed by atoms with E-state index in [1.807, 2.05) is 4.72 Å². The van der Waals surface area contributed by atoms with Gasteiger partial charge in [0.15, 0.2) is 0 Å². The fourth-order valence-corrected chi connectivity index (χ4v) is 3.05. The molecule has 0 unspecified atom stereocenters. The Bertz CT molecular complexity index is 657. The maximum atomic E-state index is 13.2. The second-order valence-corrected chi connectivity index (χ2v) is 6.14. The number of phenols is 1. The van der Waals surface area contributed by atoms with Crippen LogP contribution in [0.2, 0.25) is 0 Å². The Hall–Kier alpha value is -1.59. The number of benzene rings is 1. The number of phenolic OH excluding ortho intramolecular Hbond substituents is 1. The van der Waals surface area contributed by atoms with E-state index in [2.05, 4.69) is 0 Å². The number of rotatable bonds is 3. The van der Waals surface area contributed by atoms with Crippen LogP contribution in [-0.2, 0) is 21.1 Å². The molecule has 0 spiro atoms. The Balaban J connectivity index is 2.32. The summed E-state index contributed by atoms with van der Waals surface area (Å²) in [7, 11) is -4.18. The van der Waals surface area contributed by atoms with Gasteiger partial charge >= 0.3 is 16.4 Å². The average molecular weight is 344 g/mol. The van der Waals surface area contributed by atoms with Gasteiger partial charge in [0.05, 0.1) is 24.5 Å². The molecule has 1 aromatic carbocycles.